The molecule has 0 aliphatic heterocycles. The maximum atomic E-state index is 12.0. The van der Waals surface area contributed by atoms with Gasteiger partial charge in [0.1, 0.15) is 0 Å². The number of hydrogen-bond donors (Lipinski definition) is 3. The van der Waals surface area contributed by atoms with Crippen molar-refractivity contribution in [2.24, 2.45) is 0 Å². The summed E-state index contributed by atoms with van der Waals surface area (Å²) in [7, 11) is 0. The predicted molar refractivity (Wildman–Crippen MR) is 101 cm³/mol. The zero-order valence-electron chi connectivity index (χ0n) is 13.9. The lowest BCUT2D eigenvalue weighted by Gasteiger charge is -2.04. The molecule has 0 bridgehead atoms. The fraction of sp³-hybridized carbons (Fsp3) is 0.111. The third kappa shape index (κ3) is 4.42. The van der Waals surface area contributed by atoms with Crippen LogP contribution >= 0.6 is 11.3 Å². The van der Waals surface area contributed by atoms with E-state index >= 15 is 0 Å². The number of nitrogens with zero attached hydrogens (tertiary/aromatic N) is 1. The molecule has 132 valence electrons. The van der Waals surface area contributed by atoms with Crippen molar-refractivity contribution in [2.45, 2.75) is 6.92 Å². The number of nitrogens with one attached hydrogen (secondary N) is 3. The largest absolute Gasteiger partial charge is 0.343 e. The Bertz CT molecular complexity index is 969. The van der Waals surface area contributed by atoms with Crippen molar-refractivity contribution in [1.82, 2.24) is 10.3 Å². The van der Waals surface area contributed by atoms with Gasteiger partial charge in [0.05, 0.1) is 16.8 Å². The van der Waals surface area contributed by atoms with Crippen molar-refractivity contribution in [1.29, 1.82) is 0 Å². The molecule has 1 aromatic heterocycles. The Labute approximate surface area is 153 Å². The summed E-state index contributed by atoms with van der Waals surface area (Å²) in [5, 5.41) is 8.36. The van der Waals surface area contributed by atoms with Crippen LogP contribution in [0.5, 0.6) is 0 Å². The number of aromatic nitrogens is 1. The van der Waals surface area contributed by atoms with E-state index < -0.39 is 0 Å². The highest BCUT2D eigenvalue weighted by atomic mass is 32.1. The van der Waals surface area contributed by atoms with Gasteiger partial charge in [-0.3, -0.25) is 14.4 Å². The number of anilines is 2. The van der Waals surface area contributed by atoms with Crippen LogP contribution < -0.4 is 16.0 Å². The van der Waals surface area contributed by atoms with Gasteiger partial charge in [0, 0.05) is 18.2 Å². The summed E-state index contributed by atoms with van der Waals surface area (Å²) >= 11 is 1.29. The first-order valence-electron chi connectivity index (χ1n) is 7.82. The van der Waals surface area contributed by atoms with Crippen molar-refractivity contribution in [2.75, 3.05) is 17.2 Å². The minimum Gasteiger partial charge on any atom is -0.343 e. The van der Waals surface area contributed by atoms with E-state index in [9.17, 15) is 14.4 Å². The van der Waals surface area contributed by atoms with E-state index in [2.05, 4.69) is 20.9 Å². The lowest BCUT2D eigenvalue weighted by molar-refractivity contribution is -0.115. The molecular formula is C18H16N4O3S. The van der Waals surface area contributed by atoms with E-state index in [0.717, 1.165) is 4.70 Å². The molecule has 8 heteroatoms. The van der Waals surface area contributed by atoms with Crippen LogP contribution in [0.1, 0.15) is 17.3 Å². The fourth-order valence-electron chi connectivity index (χ4n) is 2.27. The van der Waals surface area contributed by atoms with E-state index in [4.69, 9.17) is 0 Å². The van der Waals surface area contributed by atoms with Gasteiger partial charge in [-0.25, -0.2) is 4.98 Å². The minimum absolute atomic E-state index is 0.152. The Morgan fingerprint density at radius 1 is 1.04 bits per heavy atom. The molecule has 0 aliphatic rings. The molecule has 2 aromatic carbocycles. The Kier molecular flexibility index (Phi) is 5.23. The second-order valence-electron chi connectivity index (χ2n) is 5.48. The summed E-state index contributed by atoms with van der Waals surface area (Å²) < 4.78 is 0.833. The van der Waals surface area contributed by atoms with Gasteiger partial charge in [-0.1, -0.05) is 29.5 Å². The molecule has 3 rings (SSSR count). The van der Waals surface area contributed by atoms with Crippen LogP contribution in [-0.4, -0.2) is 29.3 Å². The number of rotatable bonds is 5. The smallest absolute Gasteiger partial charge is 0.251 e. The first-order valence-corrected chi connectivity index (χ1v) is 8.64. The number of amides is 3. The Balaban J connectivity index is 1.60. The lowest BCUT2D eigenvalue weighted by atomic mass is 10.2. The monoisotopic (exact) mass is 368 g/mol. The zero-order valence-corrected chi connectivity index (χ0v) is 14.7. The maximum Gasteiger partial charge on any atom is 0.251 e. The van der Waals surface area contributed by atoms with Crippen LogP contribution in [0.25, 0.3) is 10.2 Å². The molecule has 0 saturated heterocycles. The molecule has 0 fully saturated rings. The number of thiazole rings is 1. The van der Waals surface area contributed by atoms with Crippen LogP contribution in [-0.2, 0) is 9.59 Å². The summed E-state index contributed by atoms with van der Waals surface area (Å²) in [5.74, 6) is -0.836. The average Bonchev–Trinajstić information content (AvgIpc) is 3.01. The van der Waals surface area contributed by atoms with Crippen molar-refractivity contribution in [3.8, 4) is 0 Å². The van der Waals surface area contributed by atoms with Crippen LogP contribution in [0.4, 0.5) is 10.8 Å². The van der Waals surface area contributed by atoms with E-state index in [-0.39, 0.29) is 24.3 Å². The Hall–Kier alpha value is -3.26. The number of fused-ring (bicyclic) bond motifs is 1. The first-order chi connectivity index (χ1) is 12.5. The normalized spacial score (nSPS) is 10.3. The van der Waals surface area contributed by atoms with Gasteiger partial charge < -0.3 is 16.0 Å². The van der Waals surface area contributed by atoms with Crippen molar-refractivity contribution in [3.63, 3.8) is 0 Å². The van der Waals surface area contributed by atoms with E-state index in [1.165, 1.54) is 18.3 Å². The van der Waals surface area contributed by atoms with Gasteiger partial charge in [-0.05, 0) is 30.3 Å². The predicted octanol–water partition coefficient (Wildman–Crippen LogP) is 2.62. The molecule has 0 atom stereocenters. The Morgan fingerprint density at radius 2 is 1.81 bits per heavy atom. The standard InChI is InChI=1S/C18H16N4O3S/c1-11(23)20-13-7-8-14-15(9-13)26-18(21-14)22-16(24)10-19-17(25)12-5-3-2-4-6-12/h2-9H,10H2,1H3,(H,19,25)(H,20,23)(H,21,22,24). The summed E-state index contributed by atoms with van der Waals surface area (Å²) in [5.41, 5.74) is 1.88. The number of benzene rings is 2. The maximum absolute atomic E-state index is 12.0. The van der Waals surface area contributed by atoms with Gasteiger partial charge in [0.15, 0.2) is 5.13 Å². The van der Waals surface area contributed by atoms with E-state index in [0.29, 0.717) is 21.9 Å². The minimum atomic E-state index is -0.365. The number of hydrogen-bond acceptors (Lipinski definition) is 5. The summed E-state index contributed by atoms with van der Waals surface area (Å²) in [6.45, 7) is 1.28. The van der Waals surface area contributed by atoms with Crippen LogP contribution in [0.2, 0.25) is 0 Å². The quantitative estimate of drug-likeness (QED) is 0.644. The molecule has 7 nitrogen and oxygen atoms in total. The van der Waals surface area contributed by atoms with Gasteiger partial charge >= 0.3 is 0 Å². The second kappa shape index (κ2) is 7.75. The van der Waals surface area contributed by atoms with Gasteiger partial charge in [-0.15, -0.1) is 0 Å². The molecule has 0 aliphatic carbocycles. The molecule has 3 aromatic rings. The van der Waals surface area contributed by atoms with E-state index in [1.807, 2.05) is 6.07 Å². The highest BCUT2D eigenvalue weighted by molar-refractivity contribution is 7.22. The van der Waals surface area contributed by atoms with Crippen LogP contribution in [0.15, 0.2) is 48.5 Å². The topological polar surface area (TPSA) is 100 Å². The van der Waals surface area contributed by atoms with Crippen LogP contribution in [0.3, 0.4) is 0 Å². The first kappa shape index (κ1) is 17.6. The second-order valence-corrected chi connectivity index (χ2v) is 6.51. The van der Waals surface area contributed by atoms with Gasteiger partial charge in [0.25, 0.3) is 5.91 Å². The summed E-state index contributed by atoms with van der Waals surface area (Å²) in [6, 6.07) is 14.0. The molecule has 3 N–H and O–H groups in total. The third-order valence-electron chi connectivity index (χ3n) is 3.40. The molecule has 1 heterocycles. The van der Waals surface area contributed by atoms with Crippen molar-refractivity contribution >= 4 is 50.1 Å². The van der Waals surface area contributed by atoms with Gasteiger partial charge in [0.2, 0.25) is 11.8 Å². The van der Waals surface area contributed by atoms with Gasteiger partial charge in [-0.2, -0.15) is 0 Å². The molecule has 0 unspecified atom stereocenters. The molecular weight excluding hydrogens is 352 g/mol. The summed E-state index contributed by atoms with van der Waals surface area (Å²) in [6.07, 6.45) is 0. The Morgan fingerprint density at radius 3 is 2.54 bits per heavy atom. The van der Waals surface area contributed by atoms with E-state index in [1.54, 1.807) is 42.5 Å². The highest BCUT2D eigenvalue weighted by Crippen LogP contribution is 2.28. The molecule has 26 heavy (non-hydrogen) atoms. The molecule has 0 radical (unpaired) electrons. The fourth-order valence-corrected chi connectivity index (χ4v) is 3.20. The zero-order chi connectivity index (χ0) is 18.5. The van der Waals surface area contributed by atoms with Crippen molar-refractivity contribution < 1.29 is 14.4 Å². The number of carbonyl (C=O) groups is 3. The molecule has 3 amide bonds. The third-order valence-corrected chi connectivity index (χ3v) is 4.33. The van der Waals surface area contributed by atoms with Crippen LogP contribution in [0, 0.1) is 0 Å². The average molecular weight is 368 g/mol. The van der Waals surface area contributed by atoms with Crippen molar-refractivity contribution in [3.05, 3.63) is 54.1 Å². The summed E-state index contributed by atoms with van der Waals surface area (Å²) in [4.78, 5) is 39.4. The SMILES string of the molecule is CC(=O)Nc1ccc2nc(NC(=O)CNC(=O)c3ccccc3)sc2c1. The highest BCUT2D eigenvalue weighted by Gasteiger charge is 2.11. The lowest BCUT2D eigenvalue weighted by Crippen LogP contribution is -2.32. The molecule has 0 spiro atoms. The molecule has 0 saturated carbocycles. The number of carbonyl (C=O) groups excluding carboxylic acids is 3.